The van der Waals surface area contributed by atoms with E-state index in [9.17, 15) is 4.79 Å². The first-order valence-electron chi connectivity index (χ1n) is 6.18. The van der Waals surface area contributed by atoms with E-state index in [0.29, 0.717) is 24.1 Å². The normalized spacial score (nSPS) is 11.3. The molecule has 102 valence electrons. The van der Waals surface area contributed by atoms with Crippen molar-refractivity contribution in [2.45, 2.75) is 25.9 Å². The fourth-order valence-corrected chi connectivity index (χ4v) is 1.50. The van der Waals surface area contributed by atoms with Crippen LogP contribution in [0.15, 0.2) is 24.3 Å². The molecule has 0 aliphatic carbocycles. The lowest BCUT2D eigenvalue weighted by Crippen LogP contribution is -2.15. The summed E-state index contributed by atoms with van der Waals surface area (Å²) >= 11 is 0. The van der Waals surface area contributed by atoms with Crippen LogP contribution >= 0.6 is 0 Å². The Morgan fingerprint density at radius 2 is 2.21 bits per heavy atom. The van der Waals surface area contributed by atoms with Crippen LogP contribution < -0.4 is 5.32 Å². The van der Waals surface area contributed by atoms with Crippen molar-refractivity contribution in [1.29, 1.82) is 0 Å². The molecule has 1 aromatic carbocycles. The number of rotatable bonds is 5. The molecule has 0 saturated carbocycles. The van der Waals surface area contributed by atoms with Crippen LogP contribution in [-0.2, 0) is 9.53 Å². The smallest absolute Gasteiger partial charge is 0.224 e. The topological polar surface area (TPSA) is 58.6 Å². The Balaban J connectivity index is 2.63. The number of benzene rings is 1. The molecule has 0 saturated heterocycles. The Hall–Kier alpha value is -1.83. The average Bonchev–Trinajstić information content (AvgIpc) is 2.43. The van der Waals surface area contributed by atoms with Gasteiger partial charge in [-0.1, -0.05) is 24.0 Å². The minimum absolute atomic E-state index is 0.0650. The number of aliphatic hydroxyl groups is 1. The van der Waals surface area contributed by atoms with Crippen molar-refractivity contribution in [3.63, 3.8) is 0 Å². The molecule has 2 N–H and O–H groups in total. The zero-order valence-corrected chi connectivity index (χ0v) is 11.3. The Bertz CT molecular complexity index is 474. The first kappa shape index (κ1) is 15.2. The van der Waals surface area contributed by atoms with Crippen molar-refractivity contribution in [2.75, 3.05) is 19.0 Å². The molecule has 0 fully saturated rings. The van der Waals surface area contributed by atoms with E-state index in [1.807, 2.05) is 19.1 Å². The van der Waals surface area contributed by atoms with Crippen LogP contribution in [0.5, 0.6) is 0 Å². The number of carbonyl (C=O) groups is 1. The van der Waals surface area contributed by atoms with Crippen molar-refractivity contribution in [1.82, 2.24) is 0 Å². The fourth-order valence-electron chi connectivity index (χ4n) is 1.50. The highest BCUT2D eigenvalue weighted by Gasteiger charge is 2.07. The SMILES string of the molecule is COC(C)CCC(=O)Nc1ccccc1C#CCO. The number of aliphatic hydroxyl groups excluding tert-OH is 1. The van der Waals surface area contributed by atoms with E-state index in [0.717, 1.165) is 0 Å². The van der Waals surface area contributed by atoms with Crippen LogP contribution in [0.4, 0.5) is 5.69 Å². The number of anilines is 1. The van der Waals surface area contributed by atoms with Crippen molar-refractivity contribution in [3.8, 4) is 11.8 Å². The van der Waals surface area contributed by atoms with Gasteiger partial charge < -0.3 is 15.2 Å². The second-order valence-corrected chi connectivity index (χ2v) is 4.14. The Labute approximate surface area is 113 Å². The van der Waals surface area contributed by atoms with E-state index >= 15 is 0 Å². The van der Waals surface area contributed by atoms with E-state index in [4.69, 9.17) is 9.84 Å². The highest BCUT2D eigenvalue weighted by Crippen LogP contribution is 2.14. The van der Waals surface area contributed by atoms with Crippen LogP contribution in [0.25, 0.3) is 0 Å². The molecule has 1 atom stereocenters. The van der Waals surface area contributed by atoms with Gasteiger partial charge in [0.15, 0.2) is 0 Å². The lowest BCUT2D eigenvalue weighted by molar-refractivity contribution is -0.116. The van der Waals surface area contributed by atoms with Gasteiger partial charge in [-0.25, -0.2) is 0 Å². The Kier molecular flexibility index (Phi) is 6.65. The molecule has 0 aromatic heterocycles. The molecule has 0 aliphatic heterocycles. The lowest BCUT2D eigenvalue weighted by atomic mass is 10.1. The lowest BCUT2D eigenvalue weighted by Gasteiger charge is -2.10. The molecule has 0 heterocycles. The van der Waals surface area contributed by atoms with Crippen LogP contribution in [0.1, 0.15) is 25.3 Å². The standard InChI is InChI=1S/C15H19NO3/c1-12(19-2)9-10-15(18)16-14-8-4-3-6-13(14)7-5-11-17/h3-4,6,8,12,17H,9-11H2,1-2H3,(H,16,18). The summed E-state index contributed by atoms with van der Waals surface area (Å²) in [4.78, 5) is 11.8. The zero-order chi connectivity index (χ0) is 14.1. The highest BCUT2D eigenvalue weighted by atomic mass is 16.5. The third-order valence-corrected chi connectivity index (χ3v) is 2.68. The number of hydrogen-bond donors (Lipinski definition) is 2. The molecular formula is C15H19NO3. The first-order chi connectivity index (χ1) is 9.17. The van der Waals surface area contributed by atoms with Gasteiger partial charge in [-0.3, -0.25) is 4.79 Å². The number of para-hydroxylation sites is 1. The van der Waals surface area contributed by atoms with E-state index in [2.05, 4.69) is 17.2 Å². The number of nitrogens with one attached hydrogen (secondary N) is 1. The van der Waals surface area contributed by atoms with Gasteiger partial charge in [-0.2, -0.15) is 0 Å². The van der Waals surface area contributed by atoms with Crippen molar-refractivity contribution >= 4 is 11.6 Å². The summed E-state index contributed by atoms with van der Waals surface area (Å²) in [7, 11) is 1.63. The number of hydrogen-bond acceptors (Lipinski definition) is 3. The predicted octanol–water partition coefficient (Wildman–Crippen LogP) is 1.78. The van der Waals surface area contributed by atoms with E-state index in [1.165, 1.54) is 0 Å². The van der Waals surface area contributed by atoms with Gasteiger partial charge in [0.05, 0.1) is 11.8 Å². The maximum absolute atomic E-state index is 11.8. The summed E-state index contributed by atoms with van der Waals surface area (Å²) in [6.07, 6.45) is 1.14. The van der Waals surface area contributed by atoms with Crippen LogP contribution in [0.2, 0.25) is 0 Å². The zero-order valence-electron chi connectivity index (χ0n) is 11.3. The van der Waals surface area contributed by atoms with Gasteiger partial charge in [0.2, 0.25) is 5.91 Å². The number of carbonyl (C=O) groups excluding carboxylic acids is 1. The molecule has 0 radical (unpaired) electrons. The fraction of sp³-hybridized carbons (Fsp3) is 0.400. The molecule has 1 rings (SSSR count). The van der Waals surface area contributed by atoms with Gasteiger partial charge in [0, 0.05) is 19.1 Å². The van der Waals surface area contributed by atoms with Crippen LogP contribution in [0, 0.1) is 11.8 Å². The molecule has 0 aliphatic rings. The number of methoxy groups -OCH3 is 1. The van der Waals surface area contributed by atoms with Gasteiger partial charge in [0.1, 0.15) is 6.61 Å². The second kappa shape index (κ2) is 8.30. The molecule has 19 heavy (non-hydrogen) atoms. The third-order valence-electron chi connectivity index (χ3n) is 2.68. The Morgan fingerprint density at radius 1 is 1.47 bits per heavy atom. The quantitative estimate of drug-likeness (QED) is 0.794. The monoisotopic (exact) mass is 261 g/mol. The minimum Gasteiger partial charge on any atom is -0.384 e. The van der Waals surface area contributed by atoms with E-state index in [-0.39, 0.29) is 18.6 Å². The maximum atomic E-state index is 11.8. The van der Waals surface area contributed by atoms with Crippen molar-refractivity contribution in [3.05, 3.63) is 29.8 Å². The summed E-state index contributed by atoms with van der Waals surface area (Å²) in [5.74, 6) is 5.31. The average molecular weight is 261 g/mol. The molecular weight excluding hydrogens is 242 g/mol. The summed E-state index contributed by atoms with van der Waals surface area (Å²) < 4.78 is 5.10. The molecule has 0 spiro atoms. The maximum Gasteiger partial charge on any atom is 0.224 e. The summed E-state index contributed by atoms with van der Waals surface area (Å²) in [6, 6.07) is 7.26. The molecule has 0 bridgehead atoms. The Morgan fingerprint density at radius 3 is 2.89 bits per heavy atom. The molecule has 4 heteroatoms. The van der Waals surface area contributed by atoms with E-state index in [1.54, 1.807) is 19.2 Å². The van der Waals surface area contributed by atoms with Crippen LogP contribution in [0.3, 0.4) is 0 Å². The van der Waals surface area contributed by atoms with Crippen molar-refractivity contribution < 1.29 is 14.6 Å². The molecule has 1 aromatic rings. The van der Waals surface area contributed by atoms with Gasteiger partial charge in [-0.15, -0.1) is 0 Å². The molecule has 1 amide bonds. The third kappa shape index (κ3) is 5.56. The predicted molar refractivity (Wildman–Crippen MR) is 74.7 cm³/mol. The van der Waals surface area contributed by atoms with Gasteiger partial charge >= 0.3 is 0 Å². The molecule has 1 unspecified atom stereocenters. The largest absolute Gasteiger partial charge is 0.384 e. The van der Waals surface area contributed by atoms with Gasteiger partial charge in [-0.05, 0) is 25.5 Å². The number of ether oxygens (including phenoxy) is 1. The molecule has 4 nitrogen and oxygen atoms in total. The first-order valence-corrected chi connectivity index (χ1v) is 6.18. The number of amides is 1. The van der Waals surface area contributed by atoms with Gasteiger partial charge in [0.25, 0.3) is 0 Å². The summed E-state index contributed by atoms with van der Waals surface area (Å²) in [5, 5.41) is 11.5. The van der Waals surface area contributed by atoms with E-state index < -0.39 is 0 Å². The minimum atomic E-state index is -0.201. The van der Waals surface area contributed by atoms with Crippen molar-refractivity contribution in [2.24, 2.45) is 0 Å². The summed E-state index contributed by atoms with van der Waals surface area (Å²) in [6.45, 7) is 1.72. The second-order valence-electron chi connectivity index (χ2n) is 4.14. The summed E-state index contributed by atoms with van der Waals surface area (Å²) in [5.41, 5.74) is 1.36. The van der Waals surface area contributed by atoms with Crippen LogP contribution in [-0.4, -0.2) is 30.8 Å². The highest BCUT2D eigenvalue weighted by molar-refractivity contribution is 5.92.